The number of benzene rings is 1. The summed E-state index contributed by atoms with van der Waals surface area (Å²) in [6.07, 6.45) is -0.253. The van der Waals surface area contributed by atoms with E-state index in [-0.39, 0.29) is 12.3 Å². The lowest BCUT2D eigenvalue weighted by molar-refractivity contribution is -0.141. The minimum absolute atomic E-state index is 0.170. The monoisotopic (exact) mass is 248 g/mol. The molecular formula is C13H16N2O3. The van der Waals surface area contributed by atoms with Crippen LogP contribution in [0.4, 0.5) is 0 Å². The maximum Gasteiger partial charge on any atom is 0.419 e. The van der Waals surface area contributed by atoms with Crippen LogP contribution in [0.25, 0.3) is 5.53 Å². The lowest BCUT2D eigenvalue weighted by Crippen LogP contribution is -2.31. The molecule has 0 aliphatic carbocycles. The van der Waals surface area contributed by atoms with E-state index in [1.54, 1.807) is 6.92 Å². The molecular weight excluding hydrogens is 232 g/mol. The fourth-order valence-electron chi connectivity index (χ4n) is 1.53. The van der Waals surface area contributed by atoms with Gasteiger partial charge in [0.25, 0.3) is 0 Å². The number of rotatable bonds is 6. The summed E-state index contributed by atoms with van der Waals surface area (Å²) in [4.78, 5) is 14.2. The molecule has 1 rings (SSSR count). The van der Waals surface area contributed by atoms with Gasteiger partial charge in [0.15, 0.2) is 6.10 Å². The smallest absolute Gasteiger partial charge is 0.419 e. The summed E-state index contributed by atoms with van der Waals surface area (Å²) in [5.74, 6) is -0.791. The molecule has 0 saturated carbocycles. The number of aliphatic hydroxyl groups excluding tert-OH is 1. The Bertz CT molecular complexity index is 439. The second kappa shape index (κ2) is 7.37. The van der Waals surface area contributed by atoms with Gasteiger partial charge in [0, 0.05) is 0 Å². The van der Waals surface area contributed by atoms with Crippen LogP contribution in [-0.4, -0.2) is 34.3 Å². The molecule has 1 N–H and O–H groups in total. The Labute approximate surface area is 106 Å². The normalized spacial score (nSPS) is 11.4. The minimum Gasteiger partial charge on any atom is -0.457 e. The number of aryl methyl sites for hydroxylation is 1. The quantitative estimate of drug-likeness (QED) is 0.355. The van der Waals surface area contributed by atoms with Crippen LogP contribution < -0.4 is 0 Å². The molecule has 5 heteroatoms. The van der Waals surface area contributed by atoms with E-state index in [4.69, 9.17) is 5.53 Å². The molecule has 0 aliphatic rings. The van der Waals surface area contributed by atoms with Gasteiger partial charge in [-0.1, -0.05) is 30.3 Å². The molecule has 1 aromatic carbocycles. The molecule has 0 fully saturated rings. The third kappa shape index (κ3) is 4.13. The van der Waals surface area contributed by atoms with Crippen LogP contribution in [0.3, 0.4) is 0 Å². The first-order valence-electron chi connectivity index (χ1n) is 5.80. The topological polar surface area (TPSA) is 82.9 Å². The van der Waals surface area contributed by atoms with Gasteiger partial charge in [-0.25, -0.2) is 4.79 Å². The summed E-state index contributed by atoms with van der Waals surface area (Å²) >= 11 is 0. The van der Waals surface area contributed by atoms with Crippen molar-refractivity contribution in [2.24, 2.45) is 0 Å². The average molecular weight is 248 g/mol. The van der Waals surface area contributed by atoms with E-state index in [1.807, 2.05) is 30.3 Å². The molecule has 0 amide bonds. The van der Waals surface area contributed by atoms with Crippen LogP contribution in [0.2, 0.25) is 0 Å². The summed E-state index contributed by atoms with van der Waals surface area (Å²) in [5.41, 5.74) is 9.40. The summed E-state index contributed by atoms with van der Waals surface area (Å²) in [7, 11) is 0. The number of hydrogen-bond acceptors (Lipinski definition) is 3. The second-order valence-electron chi connectivity index (χ2n) is 3.75. The number of esters is 1. The Morgan fingerprint density at radius 1 is 1.44 bits per heavy atom. The van der Waals surface area contributed by atoms with E-state index in [2.05, 4.69) is 9.53 Å². The SMILES string of the molecule is CCOC(=O)C(=[N+]=[N-])C(O)CCc1ccccc1. The lowest BCUT2D eigenvalue weighted by atomic mass is 10.0. The van der Waals surface area contributed by atoms with Crippen LogP contribution >= 0.6 is 0 Å². The van der Waals surface area contributed by atoms with Crippen LogP contribution in [0.1, 0.15) is 18.9 Å². The first kappa shape index (κ1) is 14.1. The third-order valence-corrected chi connectivity index (χ3v) is 2.46. The Morgan fingerprint density at radius 2 is 2.11 bits per heavy atom. The van der Waals surface area contributed by atoms with E-state index in [0.29, 0.717) is 12.8 Å². The number of aliphatic hydroxyl groups is 1. The molecule has 0 bridgehead atoms. The lowest BCUT2D eigenvalue weighted by Gasteiger charge is -2.05. The summed E-state index contributed by atoms with van der Waals surface area (Å²) in [6, 6.07) is 9.54. The number of hydrogen-bond donors (Lipinski definition) is 1. The maximum atomic E-state index is 11.4. The van der Waals surface area contributed by atoms with Crippen LogP contribution in [-0.2, 0) is 16.0 Å². The van der Waals surface area contributed by atoms with E-state index >= 15 is 0 Å². The zero-order valence-corrected chi connectivity index (χ0v) is 10.2. The van der Waals surface area contributed by atoms with Crippen LogP contribution in [0, 0.1) is 0 Å². The zero-order chi connectivity index (χ0) is 13.4. The van der Waals surface area contributed by atoms with Gasteiger partial charge in [-0.15, -0.1) is 0 Å². The van der Waals surface area contributed by atoms with E-state index in [0.717, 1.165) is 5.56 Å². The average Bonchev–Trinajstić information content (AvgIpc) is 2.39. The maximum absolute atomic E-state index is 11.4. The van der Waals surface area contributed by atoms with Gasteiger partial charge in [0.2, 0.25) is 0 Å². The highest BCUT2D eigenvalue weighted by Crippen LogP contribution is 2.06. The molecule has 0 aromatic heterocycles. The van der Waals surface area contributed by atoms with Crippen molar-refractivity contribution in [3.05, 3.63) is 41.4 Å². The fourth-order valence-corrected chi connectivity index (χ4v) is 1.53. The standard InChI is InChI=1S/C13H16N2O3/c1-2-18-13(17)12(15-14)11(16)9-8-10-6-4-3-5-7-10/h3-7,11,16H,2,8-9H2,1H3. The van der Waals surface area contributed by atoms with Gasteiger partial charge in [0.05, 0.1) is 6.61 Å². The third-order valence-electron chi connectivity index (χ3n) is 2.46. The van der Waals surface area contributed by atoms with Gasteiger partial charge in [-0.2, -0.15) is 4.79 Å². The molecule has 1 atom stereocenters. The zero-order valence-electron chi connectivity index (χ0n) is 10.2. The molecule has 0 spiro atoms. The van der Waals surface area contributed by atoms with Crippen molar-refractivity contribution in [2.75, 3.05) is 6.61 Å². The molecule has 1 unspecified atom stereocenters. The van der Waals surface area contributed by atoms with E-state index in [9.17, 15) is 9.90 Å². The highest BCUT2D eigenvalue weighted by molar-refractivity contribution is 6.35. The summed E-state index contributed by atoms with van der Waals surface area (Å²) < 4.78 is 4.68. The number of ether oxygens (including phenoxy) is 1. The predicted molar refractivity (Wildman–Crippen MR) is 66.0 cm³/mol. The molecule has 0 saturated heterocycles. The first-order chi connectivity index (χ1) is 8.69. The van der Waals surface area contributed by atoms with E-state index in [1.165, 1.54) is 0 Å². The van der Waals surface area contributed by atoms with E-state index < -0.39 is 12.1 Å². The minimum atomic E-state index is -1.13. The first-order valence-corrected chi connectivity index (χ1v) is 5.80. The number of carbonyl (C=O) groups excluding carboxylic acids is 1. The van der Waals surface area contributed by atoms with Crippen LogP contribution in [0.5, 0.6) is 0 Å². The van der Waals surface area contributed by atoms with Crippen molar-refractivity contribution in [3.63, 3.8) is 0 Å². The Morgan fingerprint density at radius 3 is 2.67 bits per heavy atom. The molecule has 1 aromatic rings. The van der Waals surface area contributed by atoms with Gasteiger partial charge in [0.1, 0.15) is 0 Å². The number of carbonyl (C=O) groups is 1. The Kier molecular flexibility index (Phi) is 5.77. The molecule has 0 aliphatic heterocycles. The highest BCUT2D eigenvalue weighted by Gasteiger charge is 2.30. The van der Waals surface area contributed by atoms with Crippen molar-refractivity contribution in [1.29, 1.82) is 0 Å². The Balaban J connectivity index is 2.56. The van der Waals surface area contributed by atoms with Crippen molar-refractivity contribution in [3.8, 4) is 0 Å². The highest BCUT2D eigenvalue weighted by atomic mass is 16.5. The van der Waals surface area contributed by atoms with Gasteiger partial charge in [-0.05, 0) is 25.3 Å². The summed E-state index contributed by atoms with van der Waals surface area (Å²) in [5, 5.41) is 9.78. The van der Waals surface area contributed by atoms with Gasteiger partial charge >= 0.3 is 11.7 Å². The van der Waals surface area contributed by atoms with Crippen molar-refractivity contribution in [1.82, 2.24) is 0 Å². The number of nitrogens with zero attached hydrogens (tertiary/aromatic N) is 2. The predicted octanol–water partition coefficient (Wildman–Crippen LogP) is 1.21. The van der Waals surface area contributed by atoms with Gasteiger partial charge in [-0.3, -0.25) is 0 Å². The molecule has 5 nitrogen and oxygen atoms in total. The Hall–Kier alpha value is -1.97. The van der Waals surface area contributed by atoms with Crippen LogP contribution in [0.15, 0.2) is 30.3 Å². The van der Waals surface area contributed by atoms with Crippen molar-refractivity contribution in [2.45, 2.75) is 25.9 Å². The largest absolute Gasteiger partial charge is 0.457 e. The van der Waals surface area contributed by atoms with Crippen molar-refractivity contribution >= 4 is 11.7 Å². The molecule has 0 heterocycles. The molecule has 96 valence electrons. The van der Waals surface area contributed by atoms with Crippen molar-refractivity contribution < 1.29 is 19.4 Å². The molecule has 0 radical (unpaired) electrons. The van der Waals surface area contributed by atoms with Gasteiger partial charge < -0.3 is 15.4 Å². The molecule has 18 heavy (non-hydrogen) atoms. The summed E-state index contributed by atoms with van der Waals surface area (Å²) in [6.45, 7) is 1.81. The second-order valence-corrected chi connectivity index (χ2v) is 3.75. The fraction of sp³-hybridized carbons (Fsp3) is 0.385.